The Bertz CT molecular complexity index is 932. The maximum Gasteiger partial charge on any atom is 0.254 e. The highest BCUT2D eigenvalue weighted by Crippen LogP contribution is 2.43. The summed E-state index contributed by atoms with van der Waals surface area (Å²) in [5.41, 5.74) is 3.77. The van der Waals surface area contributed by atoms with Crippen molar-refractivity contribution < 1.29 is 4.74 Å². The molecule has 2 aliphatic rings. The highest BCUT2D eigenvalue weighted by Gasteiger charge is 2.27. The summed E-state index contributed by atoms with van der Waals surface area (Å²) < 4.78 is 6.35. The minimum atomic E-state index is 0.551. The molecule has 0 radical (unpaired) electrons. The fraction of sp³-hybridized carbons (Fsp3) is 0.529. The van der Waals surface area contributed by atoms with Crippen molar-refractivity contribution in [3.8, 4) is 5.88 Å². The van der Waals surface area contributed by atoms with E-state index in [1.165, 1.54) is 48.0 Å². The van der Waals surface area contributed by atoms with Gasteiger partial charge in [0.05, 0.1) is 7.11 Å². The summed E-state index contributed by atoms with van der Waals surface area (Å²) in [6, 6.07) is 0. The molecule has 6 nitrogen and oxygen atoms in total. The summed E-state index contributed by atoms with van der Waals surface area (Å²) in [5, 5.41) is 13.4. The van der Waals surface area contributed by atoms with Crippen LogP contribution in [-0.2, 0) is 12.8 Å². The molecule has 1 aliphatic carbocycles. The molecule has 124 valence electrons. The Hall–Kier alpha value is -2.02. The zero-order valence-electron chi connectivity index (χ0n) is 13.7. The van der Waals surface area contributed by atoms with Crippen LogP contribution < -0.4 is 9.64 Å². The lowest BCUT2D eigenvalue weighted by Gasteiger charge is -2.25. The van der Waals surface area contributed by atoms with E-state index in [4.69, 9.17) is 9.72 Å². The first-order chi connectivity index (χ1) is 11.9. The molecule has 0 bridgehead atoms. The van der Waals surface area contributed by atoms with Crippen LogP contribution >= 0.6 is 11.3 Å². The van der Waals surface area contributed by atoms with Gasteiger partial charge in [-0.2, -0.15) is 0 Å². The normalized spacial score (nSPS) is 17.6. The van der Waals surface area contributed by atoms with Gasteiger partial charge in [-0.3, -0.25) is 0 Å². The highest BCUT2D eigenvalue weighted by molar-refractivity contribution is 7.25. The number of pyridine rings is 1. The van der Waals surface area contributed by atoms with Gasteiger partial charge >= 0.3 is 0 Å². The summed E-state index contributed by atoms with van der Waals surface area (Å²) in [4.78, 5) is 8.59. The van der Waals surface area contributed by atoms with Crippen molar-refractivity contribution in [1.82, 2.24) is 20.4 Å². The van der Waals surface area contributed by atoms with Gasteiger partial charge in [0.15, 0.2) is 0 Å². The summed E-state index contributed by atoms with van der Waals surface area (Å²) >= 11 is 1.63. The zero-order chi connectivity index (χ0) is 16.1. The number of aromatic nitrogens is 4. The SMILES string of the molecule is COc1nnnc2c1sc1nc(N3CCCC3)c3c(c12)CCCC3. The van der Waals surface area contributed by atoms with Crippen LogP contribution in [0.4, 0.5) is 5.82 Å². The second-order valence-electron chi connectivity index (χ2n) is 6.55. The molecule has 7 heteroatoms. The molecular weight excluding hydrogens is 322 g/mol. The van der Waals surface area contributed by atoms with Crippen molar-refractivity contribution in [2.45, 2.75) is 38.5 Å². The van der Waals surface area contributed by atoms with Crippen LogP contribution in [0.2, 0.25) is 0 Å². The summed E-state index contributed by atoms with van der Waals surface area (Å²) in [5.74, 6) is 1.76. The van der Waals surface area contributed by atoms with E-state index < -0.39 is 0 Å². The minimum Gasteiger partial charge on any atom is -0.479 e. The van der Waals surface area contributed by atoms with Crippen LogP contribution in [0, 0.1) is 0 Å². The summed E-state index contributed by atoms with van der Waals surface area (Å²) in [6.45, 7) is 2.25. The third-order valence-corrected chi connectivity index (χ3v) is 6.25. The van der Waals surface area contributed by atoms with E-state index in [0.29, 0.717) is 5.88 Å². The van der Waals surface area contributed by atoms with Gasteiger partial charge in [-0.1, -0.05) is 5.10 Å². The van der Waals surface area contributed by atoms with Gasteiger partial charge < -0.3 is 9.64 Å². The topological polar surface area (TPSA) is 64.0 Å². The van der Waals surface area contributed by atoms with Crippen molar-refractivity contribution in [2.24, 2.45) is 0 Å². The average Bonchev–Trinajstić information content (AvgIpc) is 3.28. The maximum atomic E-state index is 5.39. The maximum absolute atomic E-state index is 5.39. The van der Waals surface area contributed by atoms with Gasteiger partial charge in [0, 0.05) is 18.5 Å². The number of methoxy groups -OCH3 is 1. The molecule has 0 saturated carbocycles. The van der Waals surface area contributed by atoms with E-state index in [-0.39, 0.29) is 0 Å². The predicted molar refractivity (Wildman–Crippen MR) is 95.2 cm³/mol. The van der Waals surface area contributed by atoms with Crippen molar-refractivity contribution in [3.63, 3.8) is 0 Å². The predicted octanol–water partition coefficient (Wildman–Crippen LogP) is 3.12. The molecule has 1 aliphatic heterocycles. The van der Waals surface area contributed by atoms with Gasteiger partial charge in [-0.15, -0.1) is 16.4 Å². The lowest BCUT2D eigenvalue weighted by Crippen LogP contribution is -2.22. The van der Waals surface area contributed by atoms with Crippen LogP contribution in [0.15, 0.2) is 0 Å². The Labute approximate surface area is 143 Å². The Kier molecular flexibility index (Phi) is 3.29. The molecule has 0 amide bonds. The molecule has 5 rings (SSSR count). The third kappa shape index (κ3) is 2.00. The number of nitrogens with zero attached hydrogens (tertiary/aromatic N) is 5. The molecule has 0 aromatic carbocycles. The molecule has 1 fully saturated rings. The van der Waals surface area contributed by atoms with Gasteiger partial charge in [-0.25, -0.2) is 4.98 Å². The first kappa shape index (κ1) is 14.3. The zero-order valence-corrected chi connectivity index (χ0v) is 14.5. The Balaban J connectivity index is 1.85. The van der Waals surface area contributed by atoms with Crippen molar-refractivity contribution in [1.29, 1.82) is 0 Å². The minimum absolute atomic E-state index is 0.551. The Morgan fingerprint density at radius 2 is 1.79 bits per heavy atom. The summed E-state index contributed by atoms with van der Waals surface area (Å²) in [7, 11) is 1.63. The highest BCUT2D eigenvalue weighted by atomic mass is 32.1. The first-order valence-corrected chi connectivity index (χ1v) is 9.44. The fourth-order valence-corrected chi connectivity index (χ4v) is 5.17. The van der Waals surface area contributed by atoms with Crippen LogP contribution in [0.5, 0.6) is 5.88 Å². The van der Waals surface area contributed by atoms with Gasteiger partial charge in [0.1, 0.15) is 20.9 Å². The smallest absolute Gasteiger partial charge is 0.254 e. The number of ether oxygens (including phenoxy) is 1. The monoisotopic (exact) mass is 341 g/mol. The molecule has 3 aromatic rings. The van der Waals surface area contributed by atoms with Crippen LogP contribution in [0.25, 0.3) is 20.4 Å². The molecule has 0 spiro atoms. The fourth-order valence-electron chi connectivity index (χ4n) is 4.07. The van der Waals surface area contributed by atoms with Crippen LogP contribution in [-0.4, -0.2) is 40.6 Å². The first-order valence-electron chi connectivity index (χ1n) is 8.63. The molecule has 4 heterocycles. The van der Waals surface area contributed by atoms with E-state index in [1.807, 2.05) is 0 Å². The van der Waals surface area contributed by atoms with Crippen molar-refractivity contribution in [3.05, 3.63) is 11.1 Å². The van der Waals surface area contributed by atoms with Crippen LogP contribution in [0.1, 0.15) is 36.8 Å². The van der Waals surface area contributed by atoms with E-state index >= 15 is 0 Å². The van der Waals surface area contributed by atoms with Gasteiger partial charge in [-0.05, 0) is 54.9 Å². The van der Waals surface area contributed by atoms with E-state index in [9.17, 15) is 0 Å². The molecule has 3 aromatic heterocycles. The number of hydrogen-bond donors (Lipinski definition) is 0. The van der Waals surface area contributed by atoms with Crippen molar-refractivity contribution in [2.75, 3.05) is 25.1 Å². The number of thiophene rings is 1. The molecule has 24 heavy (non-hydrogen) atoms. The molecule has 0 atom stereocenters. The van der Waals surface area contributed by atoms with Crippen LogP contribution in [0.3, 0.4) is 0 Å². The largest absolute Gasteiger partial charge is 0.479 e. The van der Waals surface area contributed by atoms with E-state index in [1.54, 1.807) is 18.4 Å². The number of fused-ring (bicyclic) bond motifs is 5. The number of rotatable bonds is 2. The third-order valence-electron chi connectivity index (χ3n) is 5.18. The lowest BCUT2D eigenvalue weighted by molar-refractivity contribution is 0.396. The second-order valence-corrected chi connectivity index (χ2v) is 7.55. The molecule has 0 N–H and O–H groups in total. The van der Waals surface area contributed by atoms with E-state index in [2.05, 4.69) is 20.3 Å². The summed E-state index contributed by atoms with van der Waals surface area (Å²) in [6.07, 6.45) is 7.25. The van der Waals surface area contributed by atoms with Crippen molar-refractivity contribution >= 4 is 37.6 Å². The average molecular weight is 341 g/mol. The Morgan fingerprint density at radius 1 is 1.00 bits per heavy atom. The lowest BCUT2D eigenvalue weighted by atomic mass is 9.90. The number of hydrogen-bond acceptors (Lipinski definition) is 7. The number of anilines is 1. The van der Waals surface area contributed by atoms with Gasteiger partial charge in [0.25, 0.3) is 5.88 Å². The Morgan fingerprint density at radius 3 is 2.58 bits per heavy atom. The van der Waals surface area contributed by atoms with Gasteiger partial charge in [0.2, 0.25) is 0 Å². The second kappa shape index (κ2) is 5.51. The van der Waals surface area contributed by atoms with E-state index in [0.717, 1.165) is 41.0 Å². The number of aryl methyl sites for hydroxylation is 1. The molecule has 0 unspecified atom stereocenters. The quantitative estimate of drug-likeness (QED) is 0.713. The molecule has 1 saturated heterocycles. The standard InChI is InChI=1S/C17H19N5OS/c1-23-16-14-13(19-21-20-16)12-10-6-2-3-7-11(10)15(18-17(12)24-14)22-8-4-5-9-22/h2-9H2,1H3. The molecular formula is C17H19N5OS.